The zero-order valence-electron chi connectivity index (χ0n) is 10.5. The van der Waals surface area contributed by atoms with E-state index in [1.165, 1.54) is 0 Å². The smallest absolute Gasteiger partial charge is 0.314 e. The van der Waals surface area contributed by atoms with Crippen molar-refractivity contribution in [3.8, 4) is 0 Å². The van der Waals surface area contributed by atoms with Gasteiger partial charge in [-0.05, 0) is 32.2 Å². The lowest BCUT2D eigenvalue weighted by molar-refractivity contribution is -0.117. The summed E-state index contributed by atoms with van der Waals surface area (Å²) in [6, 6.07) is 4.53. The molecular formula is C12H14N4O3. The number of carbonyl (C=O) groups excluding carboxylic acids is 1. The van der Waals surface area contributed by atoms with Crippen molar-refractivity contribution < 1.29 is 4.79 Å². The molecule has 4 N–H and O–H groups in total. The first kappa shape index (κ1) is 13.0. The molecule has 0 saturated heterocycles. The van der Waals surface area contributed by atoms with Gasteiger partial charge in [-0.3, -0.25) is 14.4 Å². The van der Waals surface area contributed by atoms with Gasteiger partial charge in [-0.25, -0.2) is 0 Å². The van der Waals surface area contributed by atoms with Gasteiger partial charge in [0.15, 0.2) is 0 Å². The van der Waals surface area contributed by atoms with E-state index in [4.69, 9.17) is 0 Å². The van der Waals surface area contributed by atoms with E-state index in [-0.39, 0.29) is 11.9 Å². The average molecular weight is 262 g/mol. The van der Waals surface area contributed by atoms with Crippen molar-refractivity contribution in [2.45, 2.75) is 13.0 Å². The van der Waals surface area contributed by atoms with Gasteiger partial charge in [-0.15, -0.1) is 0 Å². The van der Waals surface area contributed by atoms with Crippen molar-refractivity contribution in [3.05, 3.63) is 38.9 Å². The largest absolute Gasteiger partial charge is 0.325 e. The van der Waals surface area contributed by atoms with Crippen LogP contribution in [0.15, 0.2) is 27.8 Å². The van der Waals surface area contributed by atoms with Gasteiger partial charge in [0, 0.05) is 5.69 Å². The van der Waals surface area contributed by atoms with Crippen LogP contribution in [0.4, 0.5) is 5.69 Å². The molecule has 0 saturated carbocycles. The van der Waals surface area contributed by atoms with Crippen LogP contribution in [0.2, 0.25) is 0 Å². The summed E-state index contributed by atoms with van der Waals surface area (Å²) in [4.78, 5) is 39.0. The van der Waals surface area contributed by atoms with Crippen LogP contribution in [0, 0.1) is 0 Å². The number of benzene rings is 1. The molecule has 2 rings (SSSR count). The number of fused-ring (bicyclic) bond motifs is 1. The highest BCUT2D eigenvalue weighted by molar-refractivity contribution is 5.96. The minimum atomic E-state index is -0.723. The van der Waals surface area contributed by atoms with Gasteiger partial charge in [0.25, 0.3) is 0 Å². The van der Waals surface area contributed by atoms with Gasteiger partial charge >= 0.3 is 11.1 Å². The molecular weight excluding hydrogens is 248 g/mol. The molecule has 19 heavy (non-hydrogen) atoms. The van der Waals surface area contributed by atoms with Gasteiger partial charge in [0.1, 0.15) is 0 Å². The van der Waals surface area contributed by atoms with Gasteiger partial charge in [-0.1, -0.05) is 0 Å². The Morgan fingerprint density at radius 3 is 2.42 bits per heavy atom. The molecule has 0 bridgehead atoms. The highest BCUT2D eigenvalue weighted by Crippen LogP contribution is 2.13. The molecule has 0 aliphatic carbocycles. The Bertz CT molecular complexity index is 732. The lowest BCUT2D eigenvalue weighted by atomic mass is 10.2. The fraction of sp³-hybridized carbons (Fsp3) is 0.250. The highest BCUT2D eigenvalue weighted by atomic mass is 16.2. The first-order chi connectivity index (χ1) is 9.01. The lowest BCUT2D eigenvalue weighted by Crippen LogP contribution is -2.35. The third kappa shape index (κ3) is 2.71. The fourth-order valence-electron chi connectivity index (χ4n) is 1.57. The van der Waals surface area contributed by atoms with E-state index in [1.807, 2.05) is 0 Å². The second kappa shape index (κ2) is 5.07. The maximum atomic E-state index is 11.7. The standard InChI is InChI=1S/C12H14N4O3/c1-6(13-2)10(17)14-7-3-4-8-9(5-7)16-12(19)11(18)15-8/h3-6,13H,1-2H3,(H,14,17)(H,15,18)(H,16,19). The van der Waals surface area contributed by atoms with Crippen LogP contribution >= 0.6 is 0 Å². The maximum Gasteiger partial charge on any atom is 0.314 e. The van der Waals surface area contributed by atoms with Crippen LogP contribution in [-0.4, -0.2) is 29.0 Å². The average Bonchev–Trinajstić information content (AvgIpc) is 2.39. The molecule has 1 heterocycles. The molecule has 0 aliphatic rings. The predicted molar refractivity (Wildman–Crippen MR) is 72.3 cm³/mol. The molecule has 7 heteroatoms. The molecule has 1 aromatic carbocycles. The number of aromatic amines is 2. The van der Waals surface area contributed by atoms with E-state index in [0.29, 0.717) is 16.7 Å². The number of hydrogen-bond donors (Lipinski definition) is 4. The number of hydrogen-bond acceptors (Lipinski definition) is 4. The van der Waals surface area contributed by atoms with Gasteiger partial charge in [-0.2, -0.15) is 0 Å². The number of anilines is 1. The molecule has 1 unspecified atom stereocenters. The minimum absolute atomic E-state index is 0.186. The van der Waals surface area contributed by atoms with Crippen LogP contribution in [0.3, 0.4) is 0 Å². The van der Waals surface area contributed by atoms with Crippen molar-refractivity contribution >= 4 is 22.6 Å². The van der Waals surface area contributed by atoms with E-state index >= 15 is 0 Å². The Labute approximate surface area is 108 Å². The monoisotopic (exact) mass is 262 g/mol. The van der Waals surface area contributed by atoms with E-state index < -0.39 is 11.1 Å². The molecule has 7 nitrogen and oxygen atoms in total. The third-order valence-electron chi connectivity index (χ3n) is 2.82. The van der Waals surface area contributed by atoms with E-state index in [2.05, 4.69) is 20.6 Å². The first-order valence-electron chi connectivity index (χ1n) is 5.76. The first-order valence-corrected chi connectivity index (χ1v) is 5.76. The molecule has 1 aromatic heterocycles. The lowest BCUT2D eigenvalue weighted by Gasteiger charge is -2.11. The number of carbonyl (C=O) groups is 1. The van der Waals surface area contributed by atoms with Gasteiger partial charge < -0.3 is 20.6 Å². The molecule has 0 fully saturated rings. The minimum Gasteiger partial charge on any atom is -0.325 e. The number of H-pyrrole nitrogens is 2. The molecule has 1 atom stereocenters. The summed E-state index contributed by atoms with van der Waals surface area (Å²) in [5.41, 5.74) is 0.0822. The van der Waals surface area contributed by atoms with E-state index in [1.54, 1.807) is 32.2 Å². The topological polar surface area (TPSA) is 107 Å². The molecule has 2 aromatic rings. The Morgan fingerprint density at radius 1 is 1.16 bits per heavy atom. The summed E-state index contributed by atoms with van der Waals surface area (Å²) in [5.74, 6) is -0.186. The zero-order chi connectivity index (χ0) is 14.0. The zero-order valence-corrected chi connectivity index (χ0v) is 10.5. The molecule has 0 radical (unpaired) electrons. The van der Waals surface area contributed by atoms with Crippen molar-refractivity contribution in [2.24, 2.45) is 0 Å². The van der Waals surface area contributed by atoms with Gasteiger partial charge in [0.2, 0.25) is 5.91 Å². The van der Waals surface area contributed by atoms with Crippen LogP contribution in [0.5, 0.6) is 0 Å². The summed E-state index contributed by atoms with van der Waals surface area (Å²) in [6.07, 6.45) is 0. The molecule has 100 valence electrons. The Kier molecular flexibility index (Phi) is 3.48. The van der Waals surface area contributed by atoms with Crippen molar-refractivity contribution in [2.75, 3.05) is 12.4 Å². The predicted octanol–water partition coefficient (Wildman–Crippen LogP) is -0.237. The molecule has 0 aliphatic heterocycles. The Morgan fingerprint density at radius 2 is 1.79 bits per heavy atom. The van der Waals surface area contributed by atoms with Crippen LogP contribution in [0.25, 0.3) is 11.0 Å². The van der Waals surface area contributed by atoms with Gasteiger partial charge in [0.05, 0.1) is 17.1 Å². The normalized spacial score (nSPS) is 12.3. The number of nitrogens with one attached hydrogen (secondary N) is 4. The second-order valence-corrected chi connectivity index (χ2v) is 4.17. The third-order valence-corrected chi connectivity index (χ3v) is 2.82. The van der Waals surface area contributed by atoms with Crippen LogP contribution in [-0.2, 0) is 4.79 Å². The number of amides is 1. The molecule has 1 amide bonds. The van der Waals surface area contributed by atoms with Crippen LogP contribution < -0.4 is 21.8 Å². The van der Waals surface area contributed by atoms with Crippen LogP contribution in [0.1, 0.15) is 6.92 Å². The SMILES string of the molecule is CNC(C)C(=O)Nc1ccc2[nH]c(=O)c(=O)[nH]c2c1. The van der Waals surface area contributed by atoms with Crippen molar-refractivity contribution in [3.63, 3.8) is 0 Å². The number of rotatable bonds is 3. The summed E-state index contributed by atoms with van der Waals surface area (Å²) in [7, 11) is 1.69. The highest BCUT2D eigenvalue weighted by Gasteiger charge is 2.10. The number of aromatic nitrogens is 2. The Hall–Kier alpha value is -2.41. The maximum absolute atomic E-state index is 11.7. The summed E-state index contributed by atoms with van der Waals surface area (Å²) in [6.45, 7) is 1.73. The van der Waals surface area contributed by atoms with Crippen molar-refractivity contribution in [1.29, 1.82) is 0 Å². The molecule has 0 spiro atoms. The number of likely N-dealkylation sites (N-methyl/N-ethyl adjacent to an activating group) is 1. The Balaban J connectivity index is 2.37. The quantitative estimate of drug-likeness (QED) is 0.573. The summed E-state index contributed by atoms with van der Waals surface area (Å²) >= 11 is 0. The summed E-state index contributed by atoms with van der Waals surface area (Å²) < 4.78 is 0. The second-order valence-electron chi connectivity index (χ2n) is 4.17. The fourth-order valence-corrected chi connectivity index (χ4v) is 1.57. The van der Waals surface area contributed by atoms with Crippen molar-refractivity contribution in [1.82, 2.24) is 15.3 Å². The van der Waals surface area contributed by atoms with E-state index in [0.717, 1.165) is 0 Å². The van der Waals surface area contributed by atoms with E-state index in [9.17, 15) is 14.4 Å². The summed E-state index contributed by atoms with van der Waals surface area (Å²) in [5, 5.41) is 5.52.